The predicted molar refractivity (Wildman–Crippen MR) is 107 cm³/mol. The molecule has 1 saturated heterocycles. The Morgan fingerprint density at radius 2 is 2.13 bits per heavy atom. The molecule has 1 amide bonds. The number of hydrogen-bond acceptors (Lipinski definition) is 7. The minimum absolute atomic E-state index is 0.0566. The fourth-order valence-corrected chi connectivity index (χ4v) is 3.49. The second kappa shape index (κ2) is 8.66. The van der Waals surface area contributed by atoms with Gasteiger partial charge in [0.25, 0.3) is 11.5 Å². The molecular weight excluding hydrogens is 410 g/mol. The number of anilines is 1. The Kier molecular flexibility index (Phi) is 5.94. The third-order valence-corrected chi connectivity index (χ3v) is 5.70. The summed E-state index contributed by atoms with van der Waals surface area (Å²) in [7, 11) is 0. The van der Waals surface area contributed by atoms with Gasteiger partial charge in [0, 0.05) is 31.6 Å². The van der Waals surface area contributed by atoms with E-state index in [1.54, 1.807) is 24.0 Å². The smallest absolute Gasteiger partial charge is 0.264 e. The summed E-state index contributed by atoms with van der Waals surface area (Å²) in [5.74, 6) is -3.34. The number of halogens is 2. The van der Waals surface area contributed by atoms with Crippen molar-refractivity contribution in [2.24, 2.45) is 5.92 Å². The molecule has 11 heteroatoms. The number of hydrogen-bond donors (Lipinski definition) is 2. The van der Waals surface area contributed by atoms with Gasteiger partial charge in [-0.2, -0.15) is 5.10 Å². The number of nitrogens with zero attached hydrogens (tertiary/aromatic N) is 4. The molecule has 31 heavy (non-hydrogen) atoms. The molecule has 2 fully saturated rings. The number of carbonyl (C=O) groups is 1. The van der Waals surface area contributed by atoms with Gasteiger partial charge in [0.1, 0.15) is 0 Å². The minimum Gasteiger partial charge on any atom is -0.476 e. The van der Waals surface area contributed by atoms with Crippen molar-refractivity contribution in [1.82, 2.24) is 25.3 Å². The summed E-state index contributed by atoms with van der Waals surface area (Å²) in [6.45, 7) is 2.25. The first-order chi connectivity index (χ1) is 14.8. The summed E-state index contributed by atoms with van der Waals surface area (Å²) in [5.41, 5.74) is -0.368. The molecule has 2 unspecified atom stereocenters. The van der Waals surface area contributed by atoms with Gasteiger partial charge in [0.05, 0.1) is 24.3 Å². The fourth-order valence-electron chi connectivity index (χ4n) is 3.49. The number of carbonyl (C=O) groups excluding carboxylic acids is 1. The first-order valence-electron chi connectivity index (χ1n) is 10.3. The topological polar surface area (TPSA) is 113 Å². The van der Waals surface area contributed by atoms with E-state index in [-0.39, 0.29) is 30.5 Å². The molecule has 1 aliphatic heterocycles. The molecular formula is C20H24F2N6O3. The number of aromatic amines is 1. The number of H-pyrrole nitrogens is 1. The van der Waals surface area contributed by atoms with Gasteiger partial charge in [-0.1, -0.05) is 0 Å². The molecule has 2 aromatic rings. The number of rotatable bonds is 7. The van der Waals surface area contributed by atoms with Gasteiger partial charge in [0.15, 0.2) is 5.82 Å². The molecule has 2 aromatic heterocycles. The van der Waals surface area contributed by atoms with E-state index in [0.717, 1.165) is 0 Å². The van der Waals surface area contributed by atoms with E-state index in [4.69, 9.17) is 4.74 Å². The average Bonchev–Trinajstić information content (AvgIpc) is 3.58. The third-order valence-electron chi connectivity index (χ3n) is 5.70. The number of piperidine rings is 1. The van der Waals surface area contributed by atoms with Crippen LogP contribution in [-0.4, -0.2) is 62.9 Å². The molecule has 1 saturated carbocycles. The van der Waals surface area contributed by atoms with Crippen molar-refractivity contribution >= 4 is 11.7 Å². The molecule has 0 radical (unpaired) electrons. The number of nitrogens with one attached hydrogen (secondary N) is 2. The van der Waals surface area contributed by atoms with Crippen LogP contribution in [0.15, 0.2) is 29.1 Å². The highest BCUT2D eigenvalue weighted by molar-refractivity contribution is 5.93. The number of likely N-dealkylation sites (tertiary alicyclic amines) is 1. The second-order valence-electron chi connectivity index (χ2n) is 8.08. The number of aromatic nitrogens is 4. The molecule has 1 aliphatic carbocycles. The van der Waals surface area contributed by atoms with Gasteiger partial charge in [0.2, 0.25) is 11.8 Å². The van der Waals surface area contributed by atoms with Gasteiger partial charge in [-0.05, 0) is 37.8 Å². The molecule has 166 valence electrons. The fraction of sp³-hybridized carbons (Fsp3) is 0.550. The quantitative estimate of drug-likeness (QED) is 0.683. The summed E-state index contributed by atoms with van der Waals surface area (Å²) in [6.07, 6.45) is 1.92. The van der Waals surface area contributed by atoms with Gasteiger partial charge in [-0.15, -0.1) is 10.2 Å². The number of amides is 1. The molecule has 0 spiro atoms. The van der Waals surface area contributed by atoms with Crippen LogP contribution < -0.4 is 15.6 Å². The normalized spacial score (nSPS) is 22.0. The molecule has 3 heterocycles. The first-order valence-corrected chi connectivity index (χ1v) is 10.3. The van der Waals surface area contributed by atoms with Crippen LogP contribution in [0.4, 0.5) is 14.6 Å². The van der Waals surface area contributed by atoms with Crippen LogP contribution in [0, 0.1) is 5.92 Å². The van der Waals surface area contributed by atoms with Crippen LogP contribution in [0.5, 0.6) is 5.88 Å². The monoisotopic (exact) mass is 434 g/mol. The van der Waals surface area contributed by atoms with Gasteiger partial charge in [-0.3, -0.25) is 14.5 Å². The Labute approximate surface area is 177 Å². The summed E-state index contributed by atoms with van der Waals surface area (Å²) < 4.78 is 34.5. The lowest BCUT2D eigenvalue weighted by Gasteiger charge is -2.40. The van der Waals surface area contributed by atoms with E-state index < -0.39 is 29.9 Å². The maximum atomic E-state index is 14.5. The molecule has 2 N–H and O–H groups in total. The van der Waals surface area contributed by atoms with E-state index in [0.29, 0.717) is 18.4 Å². The highest BCUT2D eigenvalue weighted by atomic mass is 19.3. The lowest BCUT2D eigenvalue weighted by Crippen LogP contribution is -2.52. The summed E-state index contributed by atoms with van der Waals surface area (Å²) >= 11 is 0. The number of ether oxygens (including phenoxy) is 1. The summed E-state index contributed by atoms with van der Waals surface area (Å²) in [5, 5.41) is 16.5. The van der Waals surface area contributed by atoms with Crippen LogP contribution in [0.1, 0.15) is 37.8 Å². The van der Waals surface area contributed by atoms with Crippen LogP contribution in [-0.2, 0) is 4.79 Å². The lowest BCUT2D eigenvalue weighted by molar-refractivity contribution is -0.125. The Balaban J connectivity index is 1.37. The summed E-state index contributed by atoms with van der Waals surface area (Å²) in [4.78, 5) is 25.5. The maximum Gasteiger partial charge on any atom is 0.264 e. The Hall–Kier alpha value is -2.95. The minimum atomic E-state index is -2.99. The Bertz CT molecular complexity index is 959. The average molecular weight is 434 g/mol. The molecule has 2 atom stereocenters. The van der Waals surface area contributed by atoms with Gasteiger partial charge < -0.3 is 10.1 Å². The zero-order chi connectivity index (χ0) is 22.0. The molecule has 0 aromatic carbocycles. The highest BCUT2D eigenvalue weighted by Gasteiger charge is 2.47. The van der Waals surface area contributed by atoms with Crippen LogP contribution in [0.2, 0.25) is 0 Å². The van der Waals surface area contributed by atoms with Crippen molar-refractivity contribution in [2.75, 3.05) is 25.0 Å². The molecule has 4 rings (SSSR count). The van der Waals surface area contributed by atoms with E-state index in [9.17, 15) is 18.4 Å². The van der Waals surface area contributed by atoms with E-state index in [1.807, 2.05) is 0 Å². The van der Waals surface area contributed by atoms with Crippen molar-refractivity contribution in [3.63, 3.8) is 0 Å². The van der Waals surface area contributed by atoms with Crippen LogP contribution >= 0.6 is 0 Å². The van der Waals surface area contributed by atoms with Crippen molar-refractivity contribution in [1.29, 1.82) is 0 Å². The third kappa shape index (κ3) is 5.22. The van der Waals surface area contributed by atoms with Gasteiger partial charge >= 0.3 is 0 Å². The van der Waals surface area contributed by atoms with E-state index in [1.165, 1.54) is 25.0 Å². The van der Waals surface area contributed by atoms with Crippen LogP contribution in [0.3, 0.4) is 0 Å². The SMILES string of the molecule is CC(C(=O)Nc1ccc(OCC2CC2)nn1)N1CCC(F)(F)C(c2ccc(=O)[nH]n2)C1. The predicted octanol–water partition coefficient (Wildman–Crippen LogP) is 1.80. The lowest BCUT2D eigenvalue weighted by atomic mass is 9.89. The highest BCUT2D eigenvalue weighted by Crippen LogP contribution is 2.39. The first kappa shape index (κ1) is 21.3. The molecule has 9 nitrogen and oxygen atoms in total. The standard InChI is InChI=1S/C20H24F2N6O3/c1-12(19(30)23-16-5-7-18(27-25-16)31-11-13-2-3-13)28-9-8-20(21,22)14(10-28)15-4-6-17(29)26-24-15/h4-7,12-14H,2-3,8-11H2,1H3,(H,26,29)(H,23,25,30). The van der Waals surface area contributed by atoms with Crippen LogP contribution in [0.25, 0.3) is 0 Å². The molecule has 2 aliphatic rings. The maximum absolute atomic E-state index is 14.5. The van der Waals surface area contributed by atoms with Crippen molar-refractivity contribution in [2.45, 2.75) is 44.1 Å². The number of alkyl halides is 2. The van der Waals surface area contributed by atoms with E-state index >= 15 is 0 Å². The second-order valence-corrected chi connectivity index (χ2v) is 8.08. The van der Waals surface area contributed by atoms with Crippen molar-refractivity contribution < 1.29 is 18.3 Å². The van der Waals surface area contributed by atoms with Crippen molar-refractivity contribution in [3.05, 3.63) is 40.3 Å². The zero-order valence-electron chi connectivity index (χ0n) is 17.1. The van der Waals surface area contributed by atoms with E-state index in [2.05, 4.69) is 25.7 Å². The largest absolute Gasteiger partial charge is 0.476 e. The molecule has 0 bridgehead atoms. The van der Waals surface area contributed by atoms with Crippen molar-refractivity contribution in [3.8, 4) is 5.88 Å². The summed E-state index contributed by atoms with van der Waals surface area (Å²) in [6, 6.07) is 5.03. The Morgan fingerprint density at radius 3 is 2.77 bits per heavy atom. The Morgan fingerprint density at radius 1 is 1.32 bits per heavy atom. The van der Waals surface area contributed by atoms with Gasteiger partial charge in [-0.25, -0.2) is 13.9 Å². The zero-order valence-corrected chi connectivity index (χ0v) is 17.1.